The van der Waals surface area contributed by atoms with Gasteiger partial charge < -0.3 is 15.0 Å². The second kappa shape index (κ2) is 7.99. The van der Waals surface area contributed by atoms with Crippen LogP contribution in [0.25, 0.3) is 0 Å². The van der Waals surface area contributed by atoms with Crippen LogP contribution < -0.4 is 5.32 Å². The smallest absolute Gasteiger partial charge is 0.225 e. The molecule has 2 saturated heterocycles. The molecule has 2 aliphatic rings. The zero-order chi connectivity index (χ0) is 14.4. The summed E-state index contributed by atoms with van der Waals surface area (Å²) in [6, 6.07) is 0.590. The molecule has 0 spiro atoms. The number of piperidine rings is 1. The Bertz CT molecular complexity index is 303. The maximum atomic E-state index is 12.4. The van der Waals surface area contributed by atoms with Gasteiger partial charge in [-0.3, -0.25) is 4.79 Å². The van der Waals surface area contributed by atoms with Gasteiger partial charge >= 0.3 is 0 Å². The first-order chi connectivity index (χ1) is 9.74. The molecular formula is C16H30N2O2. The van der Waals surface area contributed by atoms with E-state index in [0.717, 1.165) is 51.9 Å². The zero-order valence-electron chi connectivity index (χ0n) is 13.1. The van der Waals surface area contributed by atoms with Gasteiger partial charge in [-0.1, -0.05) is 20.3 Å². The summed E-state index contributed by atoms with van der Waals surface area (Å²) in [4.78, 5) is 14.4. The molecule has 0 aromatic carbocycles. The van der Waals surface area contributed by atoms with E-state index < -0.39 is 0 Å². The van der Waals surface area contributed by atoms with Crippen molar-refractivity contribution >= 4 is 5.91 Å². The molecule has 0 aromatic heterocycles. The third-order valence-corrected chi connectivity index (χ3v) is 4.69. The average molecular weight is 282 g/mol. The van der Waals surface area contributed by atoms with Crippen molar-refractivity contribution in [2.75, 3.05) is 26.2 Å². The Morgan fingerprint density at radius 3 is 2.85 bits per heavy atom. The summed E-state index contributed by atoms with van der Waals surface area (Å²) < 4.78 is 5.58. The molecule has 3 unspecified atom stereocenters. The van der Waals surface area contributed by atoms with Crippen LogP contribution in [-0.2, 0) is 9.53 Å². The lowest BCUT2D eigenvalue weighted by Crippen LogP contribution is -2.51. The molecule has 2 fully saturated rings. The highest BCUT2D eigenvalue weighted by molar-refractivity contribution is 5.76. The molecule has 1 amide bonds. The van der Waals surface area contributed by atoms with E-state index in [0.29, 0.717) is 24.3 Å². The van der Waals surface area contributed by atoms with E-state index in [1.165, 1.54) is 6.42 Å². The summed E-state index contributed by atoms with van der Waals surface area (Å²) in [5.41, 5.74) is 0. The standard InChI is InChI=1S/C16H30N2O2/c1-3-8-17-15-7-9-18(12-13(15)4-2)16(19)11-14-6-5-10-20-14/h13-15,17H,3-12H2,1-2H3. The Morgan fingerprint density at radius 1 is 1.35 bits per heavy atom. The highest BCUT2D eigenvalue weighted by Crippen LogP contribution is 2.23. The number of rotatable bonds is 6. The van der Waals surface area contributed by atoms with Crippen molar-refractivity contribution < 1.29 is 9.53 Å². The van der Waals surface area contributed by atoms with E-state index in [-0.39, 0.29) is 6.10 Å². The second-order valence-corrected chi connectivity index (χ2v) is 6.20. The van der Waals surface area contributed by atoms with Crippen molar-refractivity contribution in [1.82, 2.24) is 10.2 Å². The second-order valence-electron chi connectivity index (χ2n) is 6.20. The molecule has 0 aliphatic carbocycles. The number of carbonyl (C=O) groups is 1. The first-order valence-corrected chi connectivity index (χ1v) is 8.37. The minimum absolute atomic E-state index is 0.179. The maximum Gasteiger partial charge on any atom is 0.225 e. The fourth-order valence-corrected chi connectivity index (χ4v) is 3.40. The van der Waals surface area contributed by atoms with Crippen LogP contribution in [0.2, 0.25) is 0 Å². The van der Waals surface area contributed by atoms with Crippen molar-refractivity contribution in [3.05, 3.63) is 0 Å². The molecule has 20 heavy (non-hydrogen) atoms. The van der Waals surface area contributed by atoms with Gasteiger partial charge in [0.05, 0.1) is 12.5 Å². The minimum Gasteiger partial charge on any atom is -0.378 e. The number of ether oxygens (including phenoxy) is 1. The molecule has 2 rings (SSSR count). The van der Waals surface area contributed by atoms with Crippen LogP contribution in [0.3, 0.4) is 0 Å². The lowest BCUT2D eigenvalue weighted by atomic mass is 9.89. The van der Waals surface area contributed by atoms with E-state index in [1.807, 2.05) is 0 Å². The first-order valence-electron chi connectivity index (χ1n) is 8.37. The lowest BCUT2D eigenvalue weighted by molar-refractivity contribution is -0.135. The molecule has 0 aromatic rings. The third kappa shape index (κ3) is 4.19. The molecule has 0 saturated carbocycles. The van der Waals surface area contributed by atoms with Gasteiger partial charge in [0, 0.05) is 25.7 Å². The summed E-state index contributed by atoms with van der Waals surface area (Å²) in [6.07, 6.45) is 6.34. The monoisotopic (exact) mass is 282 g/mol. The molecule has 2 heterocycles. The number of likely N-dealkylation sites (tertiary alicyclic amines) is 1. The normalized spacial score (nSPS) is 30.7. The molecule has 2 aliphatic heterocycles. The van der Waals surface area contributed by atoms with Gasteiger partial charge in [-0.15, -0.1) is 0 Å². The number of nitrogens with one attached hydrogen (secondary N) is 1. The van der Waals surface area contributed by atoms with Gasteiger partial charge in [0.15, 0.2) is 0 Å². The van der Waals surface area contributed by atoms with E-state index in [1.54, 1.807) is 0 Å². The van der Waals surface area contributed by atoms with Gasteiger partial charge in [-0.25, -0.2) is 0 Å². The molecule has 3 atom stereocenters. The molecule has 4 heteroatoms. The van der Waals surface area contributed by atoms with Crippen LogP contribution in [0.4, 0.5) is 0 Å². The molecule has 4 nitrogen and oxygen atoms in total. The van der Waals surface area contributed by atoms with Crippen LogP contribution in [0.5, 0.6) is 0 Å². The molecule has 0 bridgehead atoms. The minimum atomic E-state index is 0.179. The quantitative estimate of drug-likeness (QED) is 0.812. The lowest BCUT2D eigenvalue weighted by Gasteiger charge is -2.39. The van der Waals surface area contributed by atoms with E-state index in [2.05, 4.69) is 24.1 Å². The maximum absolute atomic E-state index is 12.4. The van der Waals surface area contributed by atoms with Crippen molar-refractivity contribution in [1.29, 1.82) is 0 Å². The van der Waals surface area contributed by atoms with Gasteiger partial charge in [0.1, 0.15) is 0 Å². The summed E-state index contributed by atoms with van der Waals surface area (Å²) >= 11 is 0. The van der Waals surface area contributed by atoms with Gasteiger partial charge in [0.25, 0.3) is 0 Å². The Labute approximate surface area is 123 Å². The fraction of sp³-hybridized carbons (Fsp3) is 0.938. The largest absolute Gasteiger partial charge is 0.378 e. The fourth-order valence-electron chi connectivity index (χ4n) is 3.40. The van der Waals surface area contributed by atoms with Crippen molar-refractivity contribution in [3.8, 4) is 0 Å². The predicted molar refractivity (Wildman–Crippen MR) is 80.7 cm³/mol. The Kier molecular flexibility index (Phi) is 6.30. The van der Waals surface area contributed by atoms with E-state index in [9.17, 15) is 4.79 Å². The number of hydrogen-bond acceptors (Lipinski definition) is 3. The number of nitrogens with zero attached hydrogens (tertiary/aromatic N) is 1. The van der Waals surface area contributed by atoms with Crippen molar-refractivity contribution in [2.24, 2.45) is 5.92 Å². The highest BCUT2D eigenvalue weighted by atomic mass is 16.5. The third-order valence-electron chi connectivity index (χ3n) is 4.69. The van der Waals surface area contributed by atoms with Crippen molar-refractivity contribution in [3.63, 3.8) is 0 Å². The molecule has 1 N–H and O–H groups in total. The van der Waals surface area contributed by atoms with Crippen LogP contribution in [0, 0.1) is 5.92 Å². The Morgan fingerprint density at radius 2 is 2.20 bits per heavy atom. The van der Waals surface area contributed by atoms with Crippen LogP contribution in [0.15, 0.2) is 0 Å². The summed E-state index contributed by atoms with van der Waals surface area (Å²) in [7, 11) is 0. The summed E-state index contributed by atoms with van der Waals surface area (Å²) in [5, 5.41) is 3.64. The zero-order valence-corrected chi connectivity index (χ0v) is 13.1. The van der Waals surface area contributed by atoms with Crippen LogP contribution in [0.1, 0.15) is 52.4 Å². The van der Waals surface area contributed by atoms with Crippen LogP contribution in [-0.4, -0.2) is 49.2 Å². The average Bonchev–Trinajstić information content (AvgIpc) is 2.97. The first kappa shape index (κ1) is 15.8. The number of carbonyl (C=O) groups excluding carboxylic acids is 1. The summed E-state index contributed by atoms with van der Waals surface area (Å²) in [6.45, 7) is 8.18. The van der Waals surface area contributed by atoms with E-state index >= 15 is 0 Å². The van der Waals surface area contributed by atoms with Gasteiger partial charge in [-0.05, 0) is 38.1 Å². The number of amides is 1. The predicted octanol–water partition coefficient (Wildman–Crippen LogP) is 2.18. The molecule has 116 valence electrons. The summed E-state index contributed by atoms with van der Waals surface area (Å²) in [5.74, 6) is 0.896. The van der Waals surface area contributed by atoms with Gasteiger partial charge in [0.2, 0.25) is 5.91 Å². The Hall–Kier alpha value is -0.610. The topological polar surface area (TPSA) is 41.6 Å². The van der Waals surface area contributed by atoms with Crippen LogP contribution >= 0.6 is 0 Å². The number of hydrogen-bond donors (Lipinski definition) is 1. The molecular weight excluding hydrogens is 252 g/mol. The van der Waals surface area contributed by atoms with Gasteiger partial charge in [-0.2, -0.15) is 0 Å². The highest BCUT2D eigenvalue weighted by Gasteiger charge is 2.31. The molecule has 0 radical (unpaired) electrons. The van der Waals surface area contributed by atoms with Crippen molar-refractivity contribution in [2.45, 2.75) is 64.5 Å². The SMILES string of the molecule is CCCNC1CCN(C(=O)CC2CCCO2)CC1CC. The Balaban J connectivity index is 1.80. The van der Waals surface area contributed by atoms with E-state index in [4.69, 9.17) is 4.74 Å².